The molecule has 1 aromatic heterocycles. The highest BCUT2D eigenvalue weighted by Gasteiger charge is 2.31. The van der Waals surface area contributed by atoms with Crippen LogP contribution >= 0.6 is 11.5 Å². The van der Waals surface area contributed by atoms with E-state index in [1.807, 2.05) is 4.90 Å². The molecule has 2 heterocycles. The Morgan fingerprint density at radius 1 is 1.62 bits per heavy atom. The predicted octanol–water partition coefficient (Wildman–Crippen LogP) is 1.12. The SMILES string of the molecule is CC(C)C1CC(=O)N(Cc2nnsc2N)C1. The van der Waals surface area contributed by atoms with Gasteiger partial charge in [0.25, 0.3) is 0 Å². The molecule has 6 heteroatoms. The maximum atomic E-state index is 11.8. The van der Waals surface area contributed by atoms with E-state index >= 15 is 0 Å². The number of nitrogens with two attached hydrogens (primary N) is 1. The lowest BCUT2D eigenvalue weighted by atomic mass is 9.95. The molecule has 1 amide bonds. The van der Waals surface area contributed by atoms with Crippen LogP contribution in [0, 0.1) is 11.8 Å². The van der Waals surface area contributed by atoms with Crippen molar-refractivity contribution in [2.75, 3.05) is 12.3 Å². The number of aromatic nitrogens is 2. The Balaban J connectivity index is 2.02. The van der Waals surface area contributed by atoms with E-state index in [9.17, 15) is 4.79 Å². The molecule has 1 aliphatic heterocycles. The van der Waals surface area contributed by atoms with Crippen molar-refractivity contribution in [1.29, 1.82) is 0 Å². The highest BCUT2D eigenvalue weighted by Crippen LogP contribution is 2.26. The molecule has 2 rings (SSSR count). The molecular weight excluding hydrogens is 224 g/mol. The first-order valence-corrected chi connectivity index (χ1v) is 6.19. The van der Waals surface area contributed by atoms with E-state index in [0.29, 0.717) is 29.8 Å². The van der Waals surface area contributed by atoms with E-state index in [-0.39, 0.29) is 5.91 Å². The quantitative estimate of drug-likeness (QED) is 0.859. The van der Waals surface area contributed by atoms with E-state index in [2.05, 4.69) is 23.4 Å². The van der Waals surface area contributed by atoms with Crippen LogP contribution in [0.4, 0.5) is 5.00 Å². The van der Waals surface area contributed by atoms with Crippen molar-refractivity contribution < 1.29 is 4.79 Å². The Kier molecular flexibility index (Phi) is 3.09. The van der Waals surface area contributed by atoms with Gasteiger partial charge in [-0.25, -0.2) is 0 Å². The Bertz CT molecular complexity index is 390. The summed E-state index contributed by atoms with van der Waals surface area (Å²) in [6, 6.07) is 0. The third-order valence-corrected chi connectivity index (χ3v) is 3.71. The van der Waals surface area contributed by atoms with Gasteiger partial charge in [0.15, 0.2) is 0 Å². The predicted molar refractivity (Wildman–Crippen MR) is 62.7 cm³/mol. The van der Waals surface area contributed by atoms with Gasteiger partial charge in [-0.05, 0) is 11.8 Å². The monoisotopic (exact) mass is 240 g/mol. The Hall–Kier alpha value is -1.17. The maximum Gasteiger partial charge on any atom is 0.223 e. The van der Waals surface area contributed by atoms with Gasteiger partial charge in [0.05, 0.1) is 6.54 Å². The molecule has 1 atom stereocenters. The largest absolute Gasteiger partial charge is 0.388 e. The fourth-order valence-electron chi connectivity index (χ4n) is 1.91. The van der Waals surface area contributed by atoms with Gasteiger partial charge in [0.1, 0.15) is 10.7 Å². The number of nitrogen functional groups attached to an aromatic ring is 1. The van der Waals surface area contributed by atoms with Crippen molar-refractivity contribution in [3.8, 4) is 0 Å². The molecule has 0 aliphatic carbocycles. The molecule has 16 heavy (non-hydrogen) atoms. The lowest BCUT2D eigenvalue weighted by molar-refractivity contribution is -0.128. The van der Waals surface area contributed by atoms with Crippen LogP contribution in [0.1, 0.15) is 26.0 Å². The first kappa shape index (κ1) is 11.3. The van der Waals surface area contributed by atoms with Gasteiger partial charge in [-0.1, -0.05) is 18.3 Å². The zero-order valence-corrected chi connectivity index (χ0v) is 10.3. The van der Waals surface area contributed by atoms with Crippen molar-refractivity contribution in [3.63, 3.8) is 0 Å². The summed E-state index contributed by atoms with van der Waals surface area (Å²) in [6.45, 7) is 5.62. The van der Waals surface area contributed by atoms with Gasteiger partial charge in [0.2, 0.25) is 5.91 Å². The molecule has 0 radical (unpaired) electrons. The fraction of sp³-hybridized carbons (Fsp3) is 0.700. The number of amides is 1. The molecular formula is C10H16N4OS. The highest BCUT2D eigenvalue weighted by molar-refractivity contribution is 7.09. The van der Waals surface area contributed by atoms with Crippen molar-refractivity contribution >= 4 is 22.4 Å². The number of carbonyl (C=O) groups is 1. The topological polar surface area (TPSA) is 72.1 Å². The summed E-state index contributed by atoms with van der Waals surface area (Å²) in [4.78, 5) is 13.6. The van der Waals surface area contributed by atoms with Gasteiger partial charge in [0, 0.05) is 24.5 Å². The average Bonchev–Trinajstić information content (AvgIpc) is 2.76. The second-order valence-corrected chi connectivity index (χ2v) is 5.35. The van der Waals surface area contributed by atoms with Crippen LogP contribution < -0.4 is 5.73 Å². The van der Waals surface area contributed by atoms with Crippen LogP contribution in [0.25, 0.3) is 0 Å². The number of hydrogen-bond donors (Lipinski definition) is 1. The van der Waals surface area contributed by atoms with Crippen molar-refractivity contribution in [3.05, 3.63) is 5.69 Å². The number of carbonyl (C=O) groups excluding carboxylic acids is 1. The second-order valence-electron chi connectivity index (χ2n) is 4.57. The number of anilines is 1. The first-order chi connectivity index (χ1) is 7.58. The van der Waals surface area contributed by atoms with Gasteiger partial charge >= 0.3 is 0 Å². The van der Waals surface area contributed by atoms with Crippen LogP contribution in [0.2, 0.25) is 0 Å². The standard InChI is InChI=1S/C10H16N4OS/c1-6(2)7-3-9(15)14(4-7)5-8-10(11)16-13-12-8/h6-7H,3-5,11H2,1-2H3. The number of rotatable bonds is 3. The summed E-state index contributed by atoms with van der Waals surface area (Å²) in [5, 5.41) is 4.55. The van der Waals surface area contributed by atoms with E-state index in [1.54, 1.807) is 0 Å². The summed E-state index contributed by atoms with van der Waals surface area (Å²) < 4.78 is 3.77. The average molecular weight is 240 g/mol. The minimum Gasteiger partial charge on any atom is -0.388 e. The minimum absolute atomic E-state index is 0.200. The second kappa shape index (κ2) is 4.37. The minimum atomic E-state index is 0.200. The van der Waals surface area contributed by atoms with E-state index in [0.717, 1.165) is 12.2 Å². The molecule has 1 aromatic rings. The van der Waals surface area contributed by atoms with Gasteiger partial charge in [-0.2, -0.15) is 0 Å². The first-order valence-electron chi connectivity index (χ1n) is 5.42. The fourth-order valence-corrected chi connectivity index (χ4v) is 2.35. The zero-order chi connectivity index (χ0) is 11.7. The van der Waals surface area contributed by atoms with Crippen molar-refractivity contribution in [2.24, 2.45) is 11.8 Å². The molecule has 0 bridgehead atoms. The highest BCUT2D eigenvalue weighted by atomic mass is 32.1. The zero-order valence-electron chi connectivity index (χ0n) is 9.51. The molecule has 1 saturated heterocycles. The molecule has 0 saturated carbocycles. The molecule has 1 aliphatic rings. The molecule has 2 N–H and O–H groups in total. The van der Waals surface area contributed by atoms with Crippen LogP contribution in [-0.2, 0) is 11.3 Å². The molecule has 1 unspecified atom stereocenters. The van der Waals surface area contributed by atoms with Crippen molar-refractivity contribution in [1.82, 2.24) is 14.5 Å². The number of likely N-dealkylation sites (tertiary alicyclic amines) is 1. The summed E-state index contributed by atoms with van der Waals surface area (Å²) in [6.07, 6.45) is 0.648. The van der Waals surface area contributed by atoms with E-state index in [4.69, 9.17) is 5.73 Å². The number of nitrogens with zero attached hydrogens (tertiary/aromatic N) is 3. The third-order valence-electron chi connectivity index (χ3n) is 3.11. The molecule has 0 spiro atoms. The van der Waals surface area contributed by atoms with Crippen LogP contribution in [0.3, 0.4) is 0 Å². The lowest BCUT2D eigenvalue weighted by Crippen LogP contribution is -2.25. The Morgan fingerprint density at radius 3 is 2.88 bits per heavy atom. The molecule has 1 fully saturated rings. The van der Waals surface area contributed by atoms with Gasteiger partial charge < -0.3 is 10.6 Å². The van der Waals surface area contributed by atoms with E-state index < -0.39 is 0 Å². The summed E-state index contributed by atoms with van der Waals surface area (Å²) in [7, 11) is 0. The molecule has 0 aromatic carbocycles. The van der Waals surface area contributed by atoms with Gasteiger partial charge in [-0.15, -0.1) is 5.10 Å². The summed E-state index contributed by atoms with van der Waals surface area (Å²) >= 11 is 1.17. The van der Waals surface area contributed by atoms with Crippen LogP contribution in [-0.4, -0.2) is 26.9 Å². The maximum absolute atomic E-state index is 11.8. The van der Waals surface area contributed by atoms with Crippen LogP contribution in [0.15, 0.2) is 0 Å². The number of hydrogen-bond acceptors (Lipinski definition) is 5. The summed E-state index contributed by atoms with van der Waals surface area (Å²) in [5.74, 6) is 1.20. The summed E-state index contributed by atoms with van der Waals surface area (Å²) in [5.41, 5.74) is 6.44. The Morgan fingerprint density at radius 2 is 2.38 bits per heavy atom. The lowest BCUT2D eigenvalue weighted by Gasteiger charge is -2.16. The van der Waals surface area contributed by atoms with Crippen LogP contribution in [0.5, 0.6) is 0 Å². The normalized spacial score (nSPS) is 21.1. The molecule has 88 valence electrons. The Labute approximate surface area is 98.8 Å². The smallest absolute Gasteiger partial charge is 0.223 e. The third kappa shape index (κ3) is 2.16. The van der Waals surface area contributed by atoms with Gasteiger partial charge in [-0.3, -0.25) is 4.79 Å². The van der Waals surface area contributed by atoms with E-state index in [1.165, 1.54) is 11.5 Å². The molecule has 5 nitrogen and oxygen atoms in total. The van der Waals surface area contributed by atoms with Crippen molar-refractivity contribution in [2.45, 2.75) is 26.8 Å².